The summed E-state index contributed by atoms with van der Waals surface area (Å²) in [7, 11) is 1.62. The molecule has 0 saturated carbocycles. The number of methoxy groups -OCH3 is 1. The van der Waals surface area contributed by atoms with Crippen LogP contribution in [0.25, 0.3) is 10.2 Å². The van der Waals surface area contributed by atoms with Gasteiger partial charge in [0.15, 0.2) is 11.4 Å². The number of para-hydroxylation sites is 1. The monoisotopic (exact) mass is 410 g/mol. The van der Waals surface area contributed by atoms with Crippen LogP contribution in [0.15, 0.2) is 41.4 Å². The zero-order valence-corrected chi connectivity index (χ0v) is 16.5. The normalized spacial score (nSPS) is 11.8. The molecule has 0 unspecified atom stereocenters. The number of benzene rings is 2. The first-order valence-electron chi connectivity index (χ1n) is 7.85. The third-order valence-electron chi connectivity index (χ3n) is 3.67. The van der Waals surface area contributed by atoms with Crippen molar-refractivity contribution in [3.63, 3.8) is 0 Å². The molecule has 136 valence electrons. The van der Waals surface area contributed by atoms with E-state index in [2.05, 4.69) is 4.99 Å². The summed E-state index contributed by atoms with van der Waals surface area (Å²) in [5.41, 5.74) is 0.927. The second-order valence-corrected chi connectivity index (χ2v) is 7.16. The van der Waals surface area contributed by atoms with E-state index < -0.39 is 5.91 Å². The van der Waals surface area contributed by atoms with Gasteiger partial charge in [-0.15, -0.1) is 0 Å². The molecule has 3 rings (SSSR count). The summed E-state index contributed by atoms with van der Waals surface area (Å²) in [5.74, 6) is 0.739. The van der Waals surface area contributed by atoms with Crippen LogP contribution < -0.4 is 14.3 Å². The number of thiazole rings is 1. The number of ether oxygens (including phenoxy) is 2. The number of aryl methyl sites for hydroxylation is 1. The van der Waals surface area contributed by atoms with E-state index in [1.807, 2.05) is 29.7 Å². The van der Waals surface area contributed by atoms with Crippen LogP contribution in [0.1, 0.15) is 6.92 Å². The van der Waals surface area contributed by atoms with E-state index in [-0.39, 0.29) is 6.61 Å². The van der Waals surface area contributed by atoms with Gasteiger partial charge in [-0.3, -0.25) is 4.79 Å². The van der Waals surface area contributed by atoms with E-state index in [9.17, 15) is 4.79 Å². The third-order valence-corrected chi connectivity index (χ3v) is 5.24. The second-order valence-electron chi connectivity index (χ2n) is 5.30. The van der Waals surface area contributed by atoms with Gasteiger partial charge in [0.2, 0.25) is 0 Å². The molecule has 8 heteroatoms. The highest BCUT2D eigenvalue weighted by Crippen LogP contribution is 2.28. The zero-order chi connectivity index (χ0) is 18.7. The molecule has 2 aromatic carbocycles. The first-order valence-corrected chi connectivity index (χ1v) is 9.42. The lowest BCUT2D eigenvalue weighted by atomic mass is 10.3. The number of carbonyl (C=O) groups excluding carboxylic acids is 1. The number of hydrogen-bond donors (Lipinski definition) is 0. The van der Waals surface area contributed by atoms with Gasteiger partial charge in [0.25, 0.3) is 5.91 Å². The van der Waals surface area contributed by atoms with Crippen LogP contribution in [0.4, 0.5) is 0 Å². The Balaban J connectivity index is 1.88. The van der Waals surface area contributed by atoms with Gasteiger partial charge in [0.05, 0.1) is 16.8 Å². The standard InChI is InChI=1S/C18H16Cl2N2O3S/c1-3-22-17-14(24-2)5-4-6-15(17)26-18(22)21-16(23)10-25-13-8-7-11(19)9-12(13)20/h4-9H,3,10H2,1-2H3. The number of carbonyl (C=O) groups is 1. The molecule has 0 aliphatic rings. The molecule has 0 aliphatic heterocycles. The topological polar surface area (TPSA) is 52.8 Å². The smallest absolute Gasteiger partial charge is 0.286 e. The number of aromatic nitrogens is 1. The highest BCUT2D eigenvalue weighted by molar-refractivity contribution is 7.16. The quantitative estimate of drug-likeness (QED) is 0.619. The maximum atomic E-state index is 12.3. The number of rotatable bonds is 5. The van der Waals surface area contributed by atoms with Crippen molar-refractivity contribution >= 4 is 50.7 Å². The average Bonchev–Trinajstić information content (AvgIpc) is 2.97. The molecule has 1 aromatic heterocycles. The van der Waals surface area contributed by atoms with Crippen LogP contribution in [-0.2, 0) is 11.3 Å². The fourth-order valence-electron chi connectivity index (χ4n) is 2.51. The Morgan fingerprint density at radius 3 is 2.73 bits per heavy atom. The summed E-state index contributed by atoms with van der Waals surface area (Å²) in [6.07, 6.45) is 0. The van der Waals surface area contributed by atoms with E-state index in [0.29, 0.717) is 27.1 Å². The molecule has 0 bridgehead atoms. The molecule has 3 aromatic rings. The summed E-state index contributed by atoms with van der Waals surface area (Å²) >= 11 is 13.3. The molecule has 0 spiro atoms. The Hall–Kier alpha value is -2.02. The largest absolute Gasteiger partial charge is 0.495 e. The highest BCUT2D eigenvalue weighted by Gasteiger charge is 2.12. The number of halogens is 2. The lowest BCUT2D eigenvalue weighted by Crippen LogP contribution is -2.19. The summed E-state index contributed by atoms with van der Waals surface area (Å²) in [6, 6.07) is 10.6. The minimum absolute atomic E-state index is 0.212. The van der Waals surface area contributed by atoms with Crippen molar-refractivity contribution in [1.82, 2.24) is 4.57 Å². The molecule has 1 heterocycles. The van der Waals surface area contributed by atoms with Gasteiger partial charge in [0.1, 0.15) is 17.0 Å². The molecule has 0 saturated heterocycles. The molecule has 5 nitrogen and oxygen atoms in total. The minimum Gasteiger partial charge on any atom is -0.495 e. The first-order chi connectivity index (χ1) is 12.5. The lowest BCUT2D eigenvalue weighted by Gasteiger charge is -2.06. The maximum Gasteiger partial charge on any atom is 0.286 e. The summed E-state index contributed by atoms with van der Waals surface area (Å²) in [5, 5.41) is 0.849. The van der Waals surface area contributed by atoms with Gasteiger partial charge in [-0.25, -0.2) is 0 Å². The molecule has 26 heavy (non-hydrogen) atoms. The van der Waals surface area contributed by atoms with Crippen LogP contribution in [0.2, 0.25) is 10.0 Å². The summed E-state index contributed by atoms with van der Waals surface area (Å²) in [4.78, 5) is 17.1. The Bertz CT molecular complexity index is 1030. The SMILES string of the molecule is CCn1c(=NC(=O)COc2ccc(Cl)cc2Cl)sc2cccc(OC)c21. The minimum atomic E-state index is -0.399. The molecule has 0 fully saturated rings. The van der Waals surface area contributed by atoms with Crippen LogP contribution in [0, 0.1) is 0 Å². The lowest BCUT2D eigenvalue weighted by molar-refractivity contribution is -0.120. The first kappa shape index (κ1) is 18.8. The molecule has 0 atom stereocenters. The van der Waals surface area contributed by atoms with E-state index in [0.717, 1.165) is 16.0 Å². The van der Waals surface area contributed by atoms with Gasteiger partial charge in [-0.05, 0) is 37.3 Å². The molecular formula is C18H16Cl2N2O3S. The van der Waals surface area contributed by atoms with Crippen molar-refractivity contribution < 1.29 is 14.3 Å². The van der Waals surface area contributed by atoms with Gasteiger partial charge in [0, 0.05) is 11.6 Å². The third kappa shape index (κ3) is 3.87. The van der Waals surface area contributed by atoms with Gasteiger partial charge < -0.3 is 14.0 Å². The van der Waals surface area contributed by atoms with Gasteiger partial charge >= 0.3 is 0 Å². The maximum absolute atomic E-state index is 12.3. The Labute approximate surface area is 164 Å². The summed E-state index contributed by atoms with van der Waals surface area (Å²) < 4.78 is 13.8. The van der Waals surface area contributed by atoms with Crippen molar-refractivity contribution in [2.24, 2.45) is 4.99 Å². The van der Waals surface area contributed by atoms with Gasteiger partial charge in [-0.1, -0.05) is 40.6 Å². The molecule has 0 aliphatic carbocycles. The Morgan fingerprint density at radius 2 is 2.04 bits per heavy atom. The average molecular weight is 411 g/mol. The van der Waals surface area contributed by atoms with Crippen molar-refractivity contribution in [3.8, 4) is 11.5 Å². The molecule has 1 amide bonds. The van der Waals surface area contributed by atoms with Crippen LogP contribution in [-0.4, -0.2) is 24.2 Å². The number of amides is 1. The van der Waals surface area contributed by atoms with Crippen LogP contribution in [0.3, 0.4) is 0 Å². The van der Waals surface area contributed by atoms with Crippen molar-refractivity contribution in [2.45, 2.75) is 13.5 Å². The van der Waals surface area contributed by atoms with Crippen molar-refractivity contribution in [3.05, 3.63) is 51.2 Å². The van der Waals surface area contributed by atoms with Crippen LogP contribution >= 0.6 is 34.5 Å². The van der Waals surface area contributed by atoms with Crippen molar-refractivity contribution in [1.29, 1.82) is 0 Å². The van der Waals surface area contributed by atoms with E-state index in [1.165, 1.54) is 11.3 Å². The Kier molecular flexibility index (Phi) is 5.86. The molecular weight excluding hydrogens is 395 g/mol. The number of fused-ring (bicyclic) bond motifs is 1. The predicted molar refractivity (Wildman–Crippen MR) is 105 cm³/mol. The highest BCUT2D eigenvalue weighted by atomic mass is 35.5. The second kappa shape index (κ2) is 8.12. The predicted octanol–water partition coefficient (Wildman–Crippen LogP) is 4.54. The van der Waals surface area contributed by atoms with E-state index in [4.69, 9.17) is 32.7 Å². The zero-order valence-electron chi connectivity index (χ0n) is 14.2. The Morgan fingerprint density at radius 1 is 1.23 bits per heavy atom. The number of hydrogen-bond acceptors (Lipinski definition) is 4. The van der Waals surface area contributed by atoms with Gasteiger partial charge in [-0.2, -0.15) is 4.99 Å². The number of nitrogens with zero attached hydrogens (tertiary/aromatic N) is 2. The fourth-order valence-corrected chi connectivity index (χ4v) is 4.10. The van der Waals surface area contributed by atoms with E-state index >= 15 is 0 Å². The summed E-state index contributed by atoms with van der Waals surface area (Å²) in [6.45, 7) is 2.44. The van der Waals surface area contributed by atoms with E-state index in [1.54, 1.807) is 25.3 Å². The van der Waals surface area contributed by atoms with Crippen LogP contribution in [0.5, 0.6) is 11.5 Å². The molecule has 0 N–H and O–H groups in total. The van der Waals surface area contributed by atoms with Crippen molar-refractivity contribution in [2.75, 3.05) is 13.7 Å². The molecule has 0 radical (unpaired) electrons. The fraction of sp³-hybridized carbons (Fsp3) is 0.222.